The van der Waals surface area contributed by atoms with E-state index in [1.807, 2.05) is 0 Å². The molecule has 1 aromatic heterocycles. The number of unbranched alkanes of at least 4 members (excludes halogenated alkanes) is 2. The van der Waals surface area contributed by atoms with Crippen molar-refractivity contribution in [3.05, 3.63) is 6.07 Å². The topological polar surface area (TPSA) is 45.4 Å². The van der Waals surface area contributed by atoms with Crippen LogP contribution >= 0.6 is 11.8 Å². The SMILES string of the molecule is CCCCCC(C)Sc1cc(O)n(C)c1O. The fourth-order valence-electron chi connectivity index (χ4n) is 1.60. The first-order valence-electron chi connectivity index (χ1n) is 5.80. The van der Waals surface area contributed by atoms with Gasteiger partial charge in [0.05, 0.1) is 4.90 Å². The maximum atomic E-state index is 9.72. The quantitative estimate of drug-likeness (QED) is 0.594. The number of hydrogen-bond donors (Lipinski definition) is 2. The van der Waals surface area contributed by atoms with E-state index in [1.165, 1.54) is 23.8 Å². The summed E-state index contributed by atoms with van der Waals surface area (Å²) in [7, 11) is 1.65. The van der Waals surface area contributed by atoms with Gasteiger partial charge >= 0.3 is 0 Å². The molecule has 0 aromatic carbocycles. The maximum absolute atomic E-state index is 9.72. The van der Waals surface area contributed by atoms with Crippen molar-refractivity contribution in [3.63, 3.8) is 0 Å². The molecular weight excluding hydrogens is 222 g/mol. The number of aromatic hydroxyl groups is 2. The highest BCUT2D eigenvalue weighted by Gasteiger charge is 2.14. The lowest BCUT2D eigenvalue weighted by atomic mass is 10.2. The Morgan fingerprint density at radius 3 is 2.56 bits per heavy atom. The van der Waals surface area contributed by atoms with Gasteiger partial charge in [0.15, 0.2) is 5.88 Å². The van der Waals surface area contributed by atoms with E-state index < -0.39 is 0 Å². The van der Waals surface area contributed by atoms with E-state index in [1.54, 1.807) is 24.9 Å². The zero-order chi connectivity index (χ0) is 12.1. The minimum absolute atomic E-state index is 0.112. The fourth-order valence-corrected chi connectivity index (χ4v) is 2.73. The van der Waals surface area contributed by atoms with E-state index >= 15 is 0 Å². The monoisotopic (exact) mass is 243 g/mol. The second-order valence-corrected chi connectivity index (χ2v) is 5.65. The van der Waals surface area contributed by atoms with E-state index in [4.69, 9.17) is 0 Å². The molecule has 2 N–H and O–H groups in total. The third-order valence-electron chi connectivity index (χ3n) is 2.68. The molecule has 0 radical (unpaired) electrons. The van der Waals surface area contributed by atoms with E-state index in [2.05, 4.69) is 13.8 Å². The molecule has 1 atom stereocenters. The van der Waals surface area contributed by atoms with Gasteiger partial charge in [-0.25, -0.2) is 0 Å². The summed E-state index contributed by atoms with van der Waals surface area (Å²) in [5.41, 5.74) is 0. The van der Waals surface area contributed by atoms with E-state index in [0.717, 1.165) is 11.3 Å². The summed E-state index contributed by atoms with van der Waals surface area (Å²) >= 11 is 1.62. The molecule has 0 saturated heterocycles. The van der Waals surface area contributed by atoms with Gasteiger partial charge in [-0.1, -0.05) is 33.1 Å². The van der Waals surface area contributed by atoms with Crippen molar-refractivity contribution in [3.8, 4) is 11.8 Å². The van der Waals surface area contributed by atoms with Crippen molar-refractivity contribution in [1.82, 2.24) is 4.57 Å². The maximum Gasteiger partial charge on any atom is 0.207 e. The van der Waals surface area contributed by atoms with E-state index in [-0.39, 0.29) is 11.8 Å². The zero-order valence-electron chi connectivity index (χ0n) is 10.2. The van der Waals surface area contributed by atoms with Crippen LogP contribution in [-0.2, 0) is 7.05 Å². The summed E-state index contributed by atoms with van der Waals surface area (Å²) in [5.74, 6) is 0.269. The lowest BCUT2D eigenvalue weighted by Gasteiger charge is -2.09. The Hall–Kier alpha value is -0.770. The first-order valence-corrected chi connectivity index (χ1v) is 6.68. The lowest BCUT2D eigenvalue weighted by molar-refractivity contribution is 0.383. The summed E-state index contributed by atoms with van der Waals surface area (Å²) in [6.07, 6.45) is 4.86. The third kappa shape index (κ3) is 3.37. The van der Waals surface area contributed by atoms with Crippen LogP contribution in [0.2, 0.25) is 0 Å². The highest BCUT2D eigenvalue weighted by molar-refractivity contribution is 8.00. The van der Waals surface area contributed by atoms with Gasteiger partial charge in [0.1, 0.15) is 0 Å². The van der Waals surface area contributed by atoms with Gasteiger partial charge in [-0.15, -0.1) is 11.8 Å². The molecule has 92 valence electrons. The predicted molar refractivity (Wildman–Crippen MR) is 68.2 cm³/mol. The Balaban J connectivity index is 2.49. The van der Waals surface area contributed by atoms with Crippen LogP contribution in [0, 0.1) is 0 Å². The molecule has 3 nitrogen and oxygen atoms in total. The van der Waals surface area contributed by atoms with Crippen LogP contribution in [0.15, 0.2) is 11.0 Å². The molecule has 0 bridgehead atoms. The average molecular weight is 243 g/mol. The number of aromatic nitrogens is 1. The van der Waals surface area contributed by atoms with Crippen LogP contribution in [0.3, 0.4) is 0 Å². The summed E-state index contributed by atoms with van der Waals surface area (Å²) in [4.78, 5) is 0.768. The van der Waals surface area contributed by atoms with Crippen LogP contribution in [0.5, 0.6) is 11.8 Å². The van der Waals surface area contributed by atoms with Gasteiger partial charge in [0.25, 0.3) is 0 Å². The van der Waals surface area contributed by atoms with Gasteiger partial charge < -0.3 is 10.2 Å². The average Bonchev–Trinajstić information content (AvgIpc) is 2.47. The number of hydrogen-bond acceptors (Lipinski definition) is 3. The Labute approximate surface area is 101 Å². The molecule has 1 aromatic rings. The van der Waals surface area contributed by atoms with E-state index in [9.17, 15) is 10.2 Å². The third-order valence-corrected chi connectivity index (χ3v) is 3.88. The van der Waals surface area contributed by atoms with Gasteiger partial charge in [-0.05, 0) is 6.42 Å². The number of thioether (sulfide) groups is 1. The molecular formula is C12H21NO2S. The molecule has 0 aliphatic carbocycles. The van der Waals surface area contributed by atoms with Crippen LogP contribution in [0.1, 0.15) is 39.5 Å². The standard InChI is InChI=1S/C12H21NO2S/c1-4-5-6-7-9(2)16-10-8-11(14)13(3)12(10)15/h8-9,14-15H,4-7H2,1-3H3. The van der Waals surface area contributed by atoms with Crippen molar-refractivity contribution < 1.29 is 10.2 Å². The van der Waals surface area contributed by atoms with Crippen LogP contribution < -0.4 is 0 Å². The first kappa shape index (κ1) is 13.3. The molecule has 0 spiro atoms. The Kier molecular flexibility index (Phi) is 5.06. The number of rotatable bonds is 6. The van der Waals surface area contributed by atoms with Crippen LogP contribution in [-0.4, -0.2) is 20.0 Å². The largest absolute Gasteiger partial charge is 0.494 e. The molecule has 0 fully saturated rings. The summed E-state index contributed by atoms with van der Waals surface area (Å²) < 4.78 is 1.39. The second-order valence-electron chi connectivity index (χ2n) is 4.17. The van der Waals surface area contributed by atoms with Gasteiger partial charge in [-0.2, -0.15) is 0 Å². The zero-order valence-corrected chi connectivity index (χ0v) is 11.0. The summed E-state index contributed by atoms with van der Waals surface area (Å²) in [6, 6.07) is 1.62. The minimum Gasteiger partial charge on any atom is -0.494 e. The molecule has 1 rings (SSSR count). The number of nitrogens with zero attached hydrogens (tertiary/aromatic N) is 1. The van der Waals surface area contributed by atoms with Crippen molar-refractivity contribution in [2.24, 2.45) is 7.05 Å². The van der Waals surface area contributed by atoms with Gasteiger partial charge in [-0.3, -0.25) is 4.57 Å². The molecule has 0 aliphatic rings. The second kappa shape index (κ2) is 6.09. The summed E-state index contributed by atoms with van der Waals surface area (Å²) in [6.45, 7) is 4.35. The van der Waals surface area contributed by atoms with Crippen molar-refractivity contribution in [1.29, 1.82) is 0 Å². The molecule has 0 saturated carbocycles. The fraction of sp³-hybridized carbons (Fsp3) is 0.667. The molecule has 4 heteroatoms. The first-order chi connectivity index (χ1) is 7.56. The van der Waals surface area contributed by atoms with Gasteiger partial charge in [0, 0.05) is 18.4 Å². The van der Waals surface area contributed by atoms with Gasteiger partial charge in [0.2, 0.25) is 5.88 Å². The van der Waals surface area contributed by atoms with Crippen LogP contribution in [0.4, 0.5) is 0 Å². The Bertz CT molecular complexity index is 336. The Morgan fingerprint density at radius 2 is 2.06 bits per heavy atom. The highest BCUT2D eigenvalue weighted by atomic mass is 32.2. The normalized spacial score (nSPS) is 12.9. The van der Waals surface area contributed by atoms with Crippen molar-refractivity contribution >= 4 is 11.8 Å². The van der Waals surface area contributed by atoms with E-state index in [0.29, 0.717) is 5.25 Å². The molecule has 16 heavy (non-hydrogen) atoms. The van der Waals surface area contributed by atoms with Crippen molar-refractivity contribution in [2.75, 3.05) is 0 Å². The predicted octanol–water partition coefficient (Wildman–Crippen LogP) is 3.50. The van der Waals surface area contributed by atoms with Crippen LogP contribution in [0.25, 0.3) is 0 Å². The minimum atomic E-state index is 0.112. The highest BCUT2D eigenvalue weighted by Crippen LogP contribution is 2.37. The lowest BCUT2D eigenvalue weighted by Crippen LogP contribution is -1.95. The smallest absolute Gasteiger partial charge is 0.207 e. The Morgan fingerprint density at radius 1 is 1.38 bits per heavy atom. The molecule has 1 heterocycles. The van der Waals surface area contributed by atoms with Crippen molar-refractivity contribution in [2.45, 2.75) is 49.7 Å². The molecule has 0 amide bonds. The molecule has 1 unspecified atom stereocenters. The molecule has 0 aliphatic heterocycles. The summed E-state index contributed by atoms with van der Waals surface area (Å²) in [5, 5.41) is 19.6.